The van der Waals surface area contributed by atoms with E-state index in [1.54, 1.807) is 18.2 Å². The van der Waals surface area contributed by atoms with E-state index in [9.17, 15) is 4.79 Å². The van der Waals surface area contributed by atoms with Gasteiger partial charge in [0.15, 0.2) is 0 Å². The van der Waals surface area contributed by atoms with Gasteiger partial charge in [-0.2, -0.15) is 0 Å². The van der Waals surface area contributed by atoms with Crippen molar-refractivity contribution in [3.8, 4) is 0 Å². The van der Waals surface area contributed by atoms with E-state index < -0.39 is 0 Å². The summed E-state index contributed by atoms with van der Waals surface area (Å²) in [6, 6.07) is 5.18. The molecule has 1 aromatic heterocycles. The maximum atomic E-state index is 12.2. The van der Waals surface area contributed by atoms with E-state index in [-0.39, 0.29) is 5.56 Å². The van der Waals surface area contributed by atoms with Crippen molar-refractivity contribution in [1.29, 1.82) is 0 Å². The highest BCUT2D eigenvalue weighted by Gasteiger charge is 2.23. The molecule has 0 radical (unpaired) electrons. The molecular weight excluding hydrogens is 340 g/mol. The molecule has 2 aromatic rings. The second-order valence-corrected chi connectivity index (χ2v) is 7.32. The molecule has 0 bridgehead atoms. The number of nitrogens with one attached hydrogen (secondary N) is 1. The van der Waals surface area contributed by atoms with Crippen LogP contribution in [0.4, 0.5) is 0 Å². The SMILES string of the molecule is O=c1[nH]c(CN2CCN(C[C@@H]3CCCO3)CC2)nc2cc(Cl)ccc12. The molecule has 0 aliphatic carbocycles. The Morgan fingerprint density at radius 2 is 2.04 bits per heavy atom. The largest absolute Gasteiger partial charge is 0.377 e. The van der Waals surface area contributed by atoms with Crippen LogP contribution in [0.5, 0.6) is 0 Å². The highest BCUT2D eigenvalue weighted by molar-refractivity contribution is 6.31. The molecular formula is C18H23ClN4O2. The summed E-state index contributed by atoms with van der Waals surface area (Å²) >= 11 is 6.02. The van der Waals surface area contributed by atoms with Crippen molar-refractivity contribution in [2.75, 3.05) is 39.3 Å². The lowest BCUT2D eigenvalue weighted by Gasteiger charge is -2.35. The molecule has 3 heterocycles. The average molecular weight is 363 g/mol. The van der Waals surface area contributed by atoms with Gasteiger partial charge in [-0.1, -0.05) is 11.6 Å². The van der Waals surface area contributed by atoms with Gasteiger partial charge in [0.05, 0.1) is 23.6 Å². The van der Waals surface area contributed by atoms with Gasteiger partial charge in [0.1, 0.15) is 5.82 Å². The second-order valence-electron chi connectivity index (χ2n) is 6.89. The summed E-state index contributed by atoms with van der Waals surface area (Å²) in [7, 11) is 0. The minimum absolute atomic E-state index is 0.103. The van der Waals surface area contributed by atoms with Crippen LogP contribution in [-0.4, -0.2) is 65.2 Å². The molecule has 4 rings (SSSR count). The summed E-state index contributed by atoms with van der Waals surface area (Å²) in [5.41, 5.74) is 0.553. The number of hydrogen-bond donors (Lipinski definition) is 1. The van der Waals surface area contributed by atoms with Gasteiger partial charge in [-0.25, -0.2) is 4.98 Å². The van der Waals surface area contributed by atoms with E-state index in [1.807, 2.05) is 0 Å². The summed E-state index contributed by atoms with van der Waals surface area (Å²) in [5.74, 6) is 0.701. The van der Waals surface area contributed by atoms with Crippen molar-refractivity contribution in [3.63, 3.8) is 0 Å². The normalized spacial score (nSPS) is 22.7. The van der Waals surface area contributed by atoms with Gasteiger partial charge in [0.2, 0.25) is 0 Å². The molecule has 6 nitrogen and oxygen atoms in total. The number of aromatic amines is 1. The molecule has 0 amide bonds. The smallest absolute Gasteiger partial charge is 0.258 e. The van der Waals surface area contributed by atoms with Crippen molar-refractivity contribution >= 4 is 22.5 Å². The first-order chi connectivity index (χ1) is 12.2. The molecule has 25 heavy (non-hydrogen) atoms. The molecule has 7 heteroatoms. The van der Waals surface area contributed by atoms with Crippen LogP contribution in [0, 0.1) is 0 Å². The van der Waals surface area contributed by atoms with Gasteiger partial charge >= 0.3 is 0 Å². The number of benzene rings is 1. The van der Waals surface area contributed by atoms with Gasteiger partial charge in [0, 0.05) is 44.4 Å². The number of H-pyrrole nitrogens is 1. The van der Waals surface area contributed by atoms with Crippen LogP contribution in [0.1, 0.15) is 18.7 Å². The molecule has 2 fully saturated rings. The zero-order valence-corrected chi connectivity index (χ0v) is 15.0. The number of fused-ring (bicyclic) bond motifs is 1. The molecule has 1 N–H and O–H groups in total. The lowest BCUT2D eigenvalue weighted by molar-refractivity contribution is 0.0484. The molecule has 1 atom stereocenters. The van der Waals surface area contributed by atoms with Gasteiger partial charge < -0.3 is 9.72 Å². The lowest BCUT2D eigenvalue weighted by atomic mass is 10.2. The lowest BCUT2D eigenvalue weighted by Crippen LogP contribution is -2.48. The van der Waals surface area contributed by atoms with Gasteiger partial charge in [-0.15, -0.1) is 0 Å². The Labute approximate surface area is 151 Å². The molecule has 2 aliphatic rings. The Balaban J connectivity index is 1.38. The fourth-order valence-electron chi connectivity index (χ4n) is 3.65. The zero-order valence-electron chi connectivity index (χ0n) is 14.2. The maximum absolute atomic E-state index is 12.2. The quantitative estimate of drug-likeness (QED) is 0.899. The molecule has 134 valence electrons. The summed E-state index contributed by atoms with van der Waals surface area (Å²) in [6.07, 6.45) is 2.79. The molecule has 0 unspecified atom stereocenters. The van der Waals surface area contributed by atoms with Crippen molar-refractivity contribution in [3.05, 3.63) is 39.4 Å². The topological polar surface area (TPSA) is 61.5 Å². The first-order valence-corrected chi connectivity index (χ1v) is 9.30. The van der Waals surface area contributed by atoms with Crippen molar-refractivity contribution in [2.45, 2.75) is 25.5 Å². The van der Waals surface area contributed by atoms with Crippen LogP contribution in [0.3, 0.4) is 0 Å². The Bertz CT molecular complexity index is 795. The fourth-order valence-corrected chi connectivity index (χ4v) is 3.82. The Morgan fingerprint density at radius 3 is 2.80 bits per heavy atom. The van der Waals surface area contributed by atoms with E-state index in [0.29, 0.717) is 34.4 Å². The van der Waals surface area contributed by atoms with Crippen LogP contribution >= 0.6 is 11.6 Å². The number of halogens is 1. The summed E-state index contributed by atoms with van der Waals surface area (Å²) in [4.78, 5) is 24.5. The predicted molar refractivity (Wildman–Crippen MR) is 98.1 cm³/mol. The number of ether oxygens (including phenoxy) is 1. The zero-order chi connectivity index (χ0) is 17.2. The third-order valence-corrected chi connectivity index (χ3v) is 5.28. The van der Waals surface area contributed by atoms with Crippen molar-refractivity contribution < 1.29 is 4.74 Å². The van der Waals surface area contributed by atoms with Gasteiger partial charge in [-0.05, 0) is 31.0 Å². The standard InChI is InChI=1S/C18H23ClN4O2/c19-13-3-4-15-16(10-13)20-17(21-18(15)24)12-23-7-5-22(6-8-23)11-14-2-1-9-25-14/h3-4,10,14H,1-2,5-9,11-12H2,(H,20,21,24)/t14-/m0/s1. The first kappa shape index (κ1) is 17.0. The van der Waals surface area contributed by atoms with Crippen LogP contribution in [0.2, 0.25) is 5.02 Å². The van der Waals surface area contributed by atoms with Gasteiger partial charge in [0.25, 0.3) is 5.56 Å². The number of piperazine rings is 1. The van der Waals surface area contributed by atoms with Crippen molar-refractivity contribution in [2.24, 2.45) is 0 Å². The van der Waals surface area contributed by atoms with Gasteiger partial charge in [-0.3, -0.25) is 14.6 Å². The van der Waals surface area contributed by atoms with E-state index in [0.717, 1.165) is 39.3 Å². The Kier molecular flexibility index (Phi) is 5.03. The third-order valence-electron chi connectivity index (χ3n) is 5.04. The minimum Gasteiger partial charge on any atom is -0.377 e. The first-order valence-electron chi connectivity index (χ1n) is 8.92. The number of hydrogen-bond acceptors (Lipinski definition) is 5. The van der Waals surface area contributed by atoms with E-state index in [2.05, 4.69) is 19.8 Å². The van der Waals surface area contributed by atoms with E-state index in [1.165, 1.54) is 12.8 Å². The fraction of sp³-hybridized carbons (Fsp3) is 0.556. The monoisotopic (exact) mass is 362 g/mol. The summed E-state index contributed by atoms with van der Waals surface area (Å²) in [5, 5.41) is 1.17. The van der Waals surface area contributed by atoms with Crippen LogP contribution < -0.4 is 5.56 Å². The Hall–Kier alpha value is -1.47. The van der Waals surface area contributed by atoms with E-state index in [4.69, 9.17) is 16.3 Å². The molecule has 2 aliphatic heterocycles. The molecule has 1 aromatic carbocycles. The summed E-state index contributed by atoms with van der Waals surface area (Å²) < 4.78 is 5.73. The van der Waals surface area contributed by atoms with Crippen LogP contribution in [-0.2, 0) is 11.3 Å². The van der Waals surface area contributed by atoms with E-state index >= 15 is 0 Å². The Morgan fingerprint density at radius 1 is 1.24 bits per heavy atom. The average Bonchev–Trinajstić information content (AvgIpc) is 3.09. The van der Waals surface area contributed by atoms with Crippen LogP contribution in [0.25, 0.3) is 10.9 Å². The number of aromatic nitrogens is 2. The summed E-state index contributed by atoms with van der Waals surface area (Å²) in [6.45, 7) is 6.62. The molecule has 0 spiro atoms. The number of nitrogens with zero attached hydrogens (tertiary/aromatic N) is 3. The number of rotatable bonds is 4. The predicted octanol–water partition coefficient (Wildman–Crippen LogP) is 1.87. The van der Waals surface area contributed by atoms with Crippen molar-refractivity contribution in [1.82, 2.24) is 19.8 Å². The maximum Gasteiger partial charge on any atom is 0.258 e. The molecule has 0 saturated carbocycles. The highest BCUT2D eigenvalue weighted by Crippen LogP contribution is 2.16. The second kappa shape index (κ2) is 7.41. The third kappa shape index (κ3) is 4.03. The highest BCUT2D eigenvalue weighted by atomic mass is 35.5. The minimum atomic E-state index is -0.103. The van der Waals surface area contributed by atoms with Crippen LogP contribution in [0.15, 0.2) is 23.0 Å². The molecule has 2 saturated heterocycles.